The quantitative estimate of drug-likeness (QED) is 0.457. The molecule has 1 heterocycles. The molecular formula is C11H27N5. The predicted molar refractivity (Wildman–Crippen MR) is 68.0 cm³/mol. The lowest BCUT2D eigenvalue weighted by atomic mass is 10.3. The van der Waals surface area contributed by atoms with E-state index in [-0.39, 0.29) is 0 Å². The van der Waals surface area contributed by atoms with Crippen molar-refractivity contribution in [2.75, 3.05) is 52.4 Å². The normalized spacial score (nSPS) is 16.7. The average molecular weight is 229 g/mol. The molecule has 1 saturated heterocycles. The molecule has 0 amide bonds. The van der Waals surface area contributed by atoms with E-state index >= 15 is 0 Å². The molecule has 5 heteroatoms. The van der Waals surface area contributed by atoms with Gasteiger partial charge in [0.15, 0.2) is 0 Å². The summed E-state index contributed by atoms with van der Waals surface area (Å²) in [5.74, 6) is 0. The smallest absolute Gasteiger partial charge is 0.0270 e. The van der Waals surface area contributed by atoms with E-state index in [4.69, 9.17) is 11.5 Å². The summed E-state index contributed by atoms with van der Waals surface area (Å²) in [5.41, 5.74) is 14.4. The average Bonchev–Trinajstić information content (AvgIpc) is 2.24. The van der Waals surface area contributed by atoms with E-state index in [9.17, 15) is 0 Å². The summed E-state index contributed by atoms with van der Waals surface area (Å²) in [6, 6.07) is 0. The molecule has 1 aliphatic rings. The number of nitrogens with one attached hydrogen (secondary N) is 1. The van der Waals surface area contributed by atoms with Crippen LogP contribution in [0.5, 0.6) is 0 Å². The highest BCUT2D eigenvalue weighted by molar-refractivity contribution is 4.66. The number of hydrogen-bond donors (Lipinski definition) is 3. The monoisotopic (exact) mass is 229 g/mol. The van der Waals surface area contributed by atoms with E-state index in [0.717, 1.165) is 58.7 Å². The Bertz CT molecular complexity index is 152. The maximum atomic E-state index is 5.54. The number of hydrazine groups is 1. The van der Waals surface area contributed by atoms with Crippen LogP contribution in [0.25, 0.3) is 0 Å². The molecule has 0 atom stereocenters. The Hall–Kier alpha value is -0.200. The third kappa shape index (κ3) is 5.77. The molecule has 0 aromatic heterocycles. The fourth-order valence-corrected chi connectivity index (χ4v) is 1.91. The summed E-state index contributed by atoms with van der Waals surface area (Å²) < 4.78 is 0. The molecule has 0 aliphatic carbocycles. The highest BCUT2D eigenvalue weighted by Crippen LogP contribution is 1.99. The van der Waals surface area contributed by atoms with Crippen molar-refractivity contribution in [3.05, 3.63) is 0 Å². The zero-order chi connectivity index (χ0) is 11.6. The first-order valence-corrected chi connectivity index (χ1v) is 6.47. The van der Waals surface area contributed by atoms with E-state index in [1.807, 2.05) is 0 Å². The van der Waals surface area contributed by atoms with Crippen molar-refractivity contribution in [3.8, 4) is 0 Å². The Balaban J connectivity index is 2.04. The molecule has 96 valence electrons. The second-order valence-electron chi connectivity index (χ2n) is 4.37. The molecular weight excluding hydrogens is 202 g/mol. The van der Waals surface area contributed by atoms with Crippen molar-refractivity contribution < 1.29 is 0 Å². The second kappa shape index (κ2) is 8.90. The first kappa shape index (κ1) is 13.9. The van der Waals surface area contributed by atoms with E-state index in [2.05, 4.69) is 15.3 Å². The first-order chi connectivity index (χ1) is 7.86. The molecule has 0 unspecified atom stereocenters. The molecule has 0 aromatic rings. The van der Waals surface area contributed by atoms with Gasteiger partial charge in [0.1, 0.15) is 0 Å². The van der Waals surface area contributed by atoms with Gasteiger partial charge in [-0.05, 0) is 52.0 Å². The zero-order valence-corrected chi connectivity index (χ0v) is 10.3. The summed E-state index contributed by atoms with van der Waals surface area (Å²) in [6.07, 6.45) is 3.40. The Kier molecular flexibility index (Phi) is 7.71. The van der Waals surface area contributed by atoms with Crippen LogP contribution in [-0.2, 0) is 0 Å². The summed E-state index contributed by atoms with van der Waals surface area (Å²) in [6.45, 7) is 8.46. The van der Waals surface area contributed by atoms with Crippen molar-refractivity contribution in [1.29, 1.82) is 0 Å². The Morgan fingerprint density at radius 2 is 1.56 bits per heavy atom. The number of nitrogens with two attached hydrogens (primary N) is 2. The van der Waals surface area contributed by atoms with Gasteiger partial charge in [0.2, 0.25) is 0 Å². The Labute approximate surface area is 99.1 Å². The van der Waals surface area contributed by atoms with E-state index in [1.54, 1.807) is 0 Å². The maximum Gasteiger partial charge on any atom is 0.0270 e. The fraction of sp³-hybridized carbons (Fsp3) is 1.00. The van der Waals surface area contributed by atoms with E-state index in [1.165, 1.54) is 13.0 Å². The van der Waals surface area contributed by atoms with Gasteiger partial charge in [0, 0.05) is 19.6 Å². The SMILES string of the molecule is NCCCN(CCCN)CCCN1CCN1. The predicted octanol–water partition coefficient (Wildman–Crippen LogP) is -0.804. The van der Waals surface area contributed by atoms with Gasteiger partial charge < -0.3 is 16.4 Å². The van der Waals surface area contributed by atoms with Crippen molar-refractivity contribution >= 4 is 0 Å². The van der Waals surface area contributed by atoms with Gasteiger partial charge >= 0.3 is 0 Å². The lowest BCUT2D eigenvalue weighted by Gasteiger charge is -2.32. The Morgan fingerprint density at radius 3 is 2.00 bits per heavy atom. The van der Waals surface area contributed by atoms with E-state index in [0.29, 0.717) is 0 Å². The van der Waals surface area contributed by atoms with Gasteiger partial charge in [-0.1, -0.05) is 0 Å². The largest absolute Gasteiger partial charge is 0.330 e. The second-order valence-corrected chi connectivity index (χ2v) is 4.37. The van der Waals surface area contributed by atoms with Crippen LogP contribution in [0.15, 0.2) is 0 Å². The van der Waals surface area contributed by atoms with Crippen molar-refractivity contribution in [2.45, 2.75) is 19.3 Å². The minimum Gasteiger partial charge on any atom is -0.330 e. The number of nitrogens with zero attached hydrogens (tertiary/aromatic N) is 2. The molecule has 1 aliphatic heterocycles. The highest BCUT2D eigenvalue weighted by Gasteiger charge is 2.12. The molecule has 16 heavy (non-hydrogen) atoms. The standard InChI is InChI=1S/C11H27N5/c12-4-1-7-15(8-2-5-13)9-3-10-16-11-6-14-16/h14H,1-13H2. The lowest BCUT2D eigenvalue weighted by Crippen LogP contribution is -2.54. The topological polar surface area (TPSA) is 70.5 Å². The molecule has 1 fully saturated rings. The van der Waals surface area contributed by atoms with Gasteiger partial charge in [0.25, 0.3) is 0 Å². The summed E-state index contributed by atoms with van der Waals surface area (Å²) in [4.78, 5) is 2.49. The molecule has 5 N–H and O–H groups in total. The third-order valence-corrected chi connectivity index (χ3v) is 2.98. The van der Waals surface area contributed by atoms with Gasteiger partial charge in [-0.25, -0.2) is 5.01 Å². The van der Waals surface area contributed by atoms with Gasteiger partial charge in [-0.3, -0.25) is 5.43 Å². The minimum atomic E-state index is 0.785. The molecule has 5 nitrogen and oxygen atoms in total. The molecule has 0 aromatic carbocycles. The van der Waals surface area contributed by atoms with Crippen molar-refractivity contribution in [2.24, 2.45) is 11.5 Å². The van der Waals surface area contributed by atoms with E-state index < -0.39 is 0 Å². The first-order valence-electron chi connectivity index (χ1n) is 6.47. The van der Waals surface area contributed by atoms with Crippen molar-refractivity contribution in [1.82, 2.24) is 15.3 Å². The van der Waals surface area contributed by atoms with Crippen LogP contribution in [0, 0.1) is 0 Å². The molecule has 1 rings (SSSR count). The third-order valence-electron chi connectivity index (χ3n) is 2.98. The lowest BCUT2D eigenvalue weighted by molar-refractivity contribution is 0.0944. The van der Waals surface area contributed by atoms with Crippen LogP contribution in [0.1, 0.15) is 19.3 Å². The fourth-order valence-electron chi connectivity index (χ4n) is 1.91. The molecule has 0 radical (unpaired) electrons. The van der Waals surface area contributed by atoms with Crippen molar-refractivity contribution in [3.63, 3.8) is 0 Å². The molecule has 0 bridgehead atoms. The Morgan fingerprint density at radius 1 is 1.00 bits per heavy atom. The zero-order valence-electron chi connectivity index (χ0n) is 10.3. The number of rotatable bonds is 10. The van der Waals surface area contributed by atoms with Crippen LogP contribution in [0.2, 0.25) is 0 Å². The van der Waals surface area contributed by atoms with Crippen LogP contribution < -0.4 is 16.9 Å². The summed E-state index contributed by atoms with van der Waals surface area (Å²) in [5, 5.41) is 2.28. The summed E-state index contributed by atoms with van der Waals surface area (Å²) in [7, 11) is 0. The van der Waals surface area contributed by atoms with Gasteiger partial charge in [-0.15, -0.1) is 0 Å². The molecule has 0 saturated carbocycles. The van der Waals surface area contributed by atoms with Crippen LogP contribution in [0.3, 0.4) is 0 Å². The highest BCUT2D eigenvalue weighted by atomic mass is 15.6. The maximum absolute atomic E-state index is 5.54. The van der Waals surface area contributed by atoms with Gasteiger partial charge in [-0.2, -0.15) is 0 Å². The van der Waals surface area contributed by atoms with Crippen LogP contribution in [0.4, 0.5) is 0 Å². The molecule has 0 spiro atoms. The van der Waals surface area contributed by atoms with Crippen LogP contribution in [-0.4, -0.2) is 62.3 Å². The summed E-state index contributed by atoms with van der Waals surface area (Å²) >= 11 is 0. The van der Waals surface area contributed by atoms with Crippen LogP contribution >= 0.6 is 0 Å². The minimum absolute atomic E-state index is 0.785. The number of hydrogen-bond acceptors (Lipinski definition) is 5. The van der Waals surface area contributed by atoms with Gasteiger partial charge in [0.05, 0.1) is 0 Å².